The Labute approximate surface area is 136 Å². The third-order valence-corrected chi connectivity index (χ3v) is 3.26. The second-order valence-corrected chi connectivity index (χ2v) is 4.98. The third-order valence-electron chi connectivity index (χ3n) is 3.26. The first-order chi connectivity index (χ1) is 11.4. The van der Waals surface area contributed by atoms with Crippen LogP contribution in [0.1, 0.15) is 17.2 Å². The average Bonchev–Trinajstić information content (AvgIpc) is 2.59. The molecule has 0 spiro atoms. The van der Waals surface area contributed by atoms with E-state index < -0.39 is 24.0 Å². The monoisotopic (exact) mass is 335 g/mol. The zero-order valence-corrected chi connectivity index (χ0v) is 12.5. The molecule has 0 aromatic heterocycles. The summed E-state index contributed by atoms with van der Waals surface area (Å²) in [5, 5.41) is 10.7. The number of amides is 1. The molecule has 0 fully saturated rings. The van der Waals surface area contributed by atoms with Crippen molar-refractivity contribution in [3.8, 4) is 0 Å². The number of halogens is 2. The Balaban J connectivity index is 2.11. The Morgan fingerprint density at radius 3 is 2.12 bits per heavy atom. The summed E-state index contributed by atoms with van der Waals surface area (Å²) in [4.78, 5) is 22.7. The van der Waals surface area contributed by atoms with Gasteiger partial charge in [0.15, 0.2) is 0 Å². The molecule has 1 amide bonds. The van der Waals surface area contributed by atoms with E-state index >= 15 is 0 Å². The van der Waals surface area contributed by atoms with Crippen LogP contribution in [0.2, 0.25) is 0 Å². The number of carbonyl (C=O) groups excluding carboxylic acids is 1. The highest BCUT2D eigenvalue weighted by Crippen LogP contribution is 2.31. The topological polar surface area (TPSA) is 75.6 Å². The molecule has 2 rings (SSSR count). The number of ether oxygens (including phenoxy) is 1. The van der Waals surface area contributed by atoms with Gasteiger partial charge in [-0.25, -0.2) is 9.59 Å². The molecule has 2 aromatic carbocycles. The Kier molecular flexibility index (Phi) is 5.47. The van der Waals surface area contributed by atoms with Gasteiger partial charge in [-0.1, -0.05) is 60.7 Å². The van der Waals surface area contributed by atoms with Crippen molar-refractivity contribution in [3.05, 3.63) is 71.8 Å². The number of alkyl halides is 2. The van der Waals surface area contributed by atoms with E-state index in [9.17, 15) is 18.4 Å². The molecule has 0 aliphatic heterocycles. The first-order valence-electron chi connectivity index (χ1n) is 7.04. The average molecular weight is 335 g/mol. The number of hydrogen-bond donors (Lipinski definition) is 2. The normalized spacial score (nSPS) is 12.2. The SMILES string of the molecule is O=C(NC(c1ccccc1)C(F)(F)C(=O)O)OCc1ccccc1. The lowest BCUT2D eigenvalue weighted by Crippen LogP contribution is -2.45. The molecule has 0 aliphatic carbocycles. The molecular weight excluding hydrogens is 320 g/mol. The van der Waals surface area contributed by atoms with E-state index in [1.54, 1.807) is 36.4 Å². The maximum Gasteiger partial charge on any atom is 0.408 e. The largest absolute Gasteiger partial charge is 0.477 e. The van der Waals surface area contributed by atoms with Crippen molar-refractivity contribution in [1.82, 2.24) is 5.32 Å². The van der Waals surface area contributed by atoms with Crippen molar-refractivity contribution in [2.75, 3.05) is 0 Å². The van der Waals surface area contributed by atoms with Gasteiger partial charge in [-0.15, -0.1) is 0 Å². The van der Waals surface area contributed by atoms with Crippen LogP contribution in [0.15, 0.2) is 60.7 Å². The van der Waals surface area contributed by atoms with Crippen LogP contribution >= 0.6 is 0 Å². The van der Waals surface area contributed by atoms with E-state index in [-0.39, 0.29) is 12.2 Å². The van der Waals surface area contributed by atoms with Crippen LogP contribution in [-0.2, 0) is 16.1 Å². The van der Waals surface area contributed by atoms with Gasteiger partial charge in [0.2, 0.25) is 0 Å². The molecule has 126 valence electrons. The van der Waals surface area contributed by atoms with Crippen LogP contribution in [0, 0.1) is 0 Å². The number of rotatable bonds is 6. The van der Waals surface area contributed by atoms with Crippen molar-refractivity contribution in [3.63, 3.8) is 0 Å². The fourth-order valence-corrected chi connectivity index (χ4v) is 2.03. The van der Waals surface area contributed by atoms with E-state index in [1.807, 2.05) is 5.32 Å². The van der Waals surface area contributed by atoms with Crippen molar-refractivity contribution in [2.24, 2.45) is 0 Å². The van der Waals surface area contributed by atoms with Crippen molar-refractivity contribution in [1.29, 1.82) is 0 Å². The van der Waals surface area contributed by atoms with E-state index in [0.717, 1.165) is 0 Å². The minimum atomic E-state index is -4.19. The van der Waals surface area contributed by atoms with Crippen molar-refractivity contribution < 1.29 is 28.2 Å². The Bertz CT molecular complexity index is 692. The number of benzene rings is 2. The van der Waals surface area contributed by atoms with Gasteiger partial charge in [0.1, 0.15) is 12.6 Å². The molecule has 5 nitrogen and oxygen atoms in total. The summed E-state index contributed by atoms with van der Waals surface area (Å²) in [6, 6.07) is 13.8. The second kappa shape index (κ2) is 7.54. The molecule has 0 saturated heterocycles. The van der Waals surface area contributed by atoms with Crippen LogP contribution in [0.3, 0.4) is 0 Å². The quantitative estimate of drug-likeness (QED) is 0.849. The minimum absolute atomic E-state index is 0.0402. The number of nitrogens with one attached hydrogen (secondary N) is 1. The third kappa shape index (κ3) is 4.28. The summed E-state index contributed by atoms with van der Waals surface area (Å²) >= 11 is 0. The molecule has 0 saturated carbocycles. The van der Waals surface area contributed by atoms with Gasteiger partial charge in [0.05, 0.1) is 0 Å². The first-order valence-corrected chi connectivity index (χ1v) is 7.04. The summed E-state index contributed by atoms with van der Waals surface area (Å²) in [7, 11) is 0. The Hall–Kier alpha value is -2.96. The molecule has 1 atom stereocenters. The highest BCUT2D eigenvalue weighted by Gasteiger charge is 2.49. The predicted molar refractivity (Wildman–Crippen MR) is 81.5 cm³/mol. The molecular formula is C17H15F2NO4. The highest BCUT2D eigenvalue weighted by atomic mass is 19.3. The van der Waals surface area contributed by atoms with Crippen LogP contribution in [0.5, 0.6) is 0 Å². The van der Waals surface area contributed by atoms with Gasteiger partial charge in [-0.05, 0) is 11.1 Å². The first kappa shape index (κ1) is 17.4. The number of hydrogen-bond acceptors (Lipinski definition) is 3. The van der Waals surface area contributed by atoms with Crippen LogP contribution in [-0.4, -0.2) is 23.1 Å². The van der Waals surface area contributed by atoms with Gasteiger partial charge < -0.3 is 15.2 Å². The molecule has 7 heteroatoms. The van der Waals surface area contributed by atoms with Crippen LogP contribution < -0.4 is 5.32 Å². The van der Waals surface area contributed by atoms with Gasteiger partial charge in [0.25, 0.3) is 0 Å². The van der Waals surface area contributed by atoms with E-state index in [1.165, 1.54) is 24.3 Å². The lowest BCUT2D eigenvalue weighted by Gasteiger charge is -2.24. The molecule has 0 aliphatic rings. The molecule has 2 N–H and O–H groups in total. The smallest absolute Gasteiger partial charge is 0.408 e. The summed E-state index contributed by atoms with van der Waals surface area (Å²) in [5.41, 5.74) is 0.635. The predicted octanol–water partition coefficient (Wildman–Crippen LogP) is 3.37. The fraction of sp³-hybridized carbons (Fsp3) is 0.176. The highest BCUT2D eigenvalue weighted by molar-refractivity contribution is 5.78. The summed E-state index contributed by atoms with van der Waals surface area (Å²) in [6.07, 6.45) is -1.13. The number of alkyl carbamates (subject to hydrolysis) is 1. The van der Waals surface area contributed by atoms with Crippen molar-refractivity contribution >= 4 is 12.1 Å². The number of carboxylic acids is 1. The minimum Gasteiger partial charge on any atom is -0.477 e. The molecule has 0 heterocycles. The zero-order valence-electron chi connectivity index (χ0n) is 12.5. The van der Waals surface area contributed by atoms with E-state index in [0.29, 0.717) is 5.56 Å². The van der Waals surface area contributed by atoms with Gasteiger partial charge >= 0.3 is 18.0 Å². The molecule has 24 heavy (non-hydrogen) atoms. The lowest BCUT2D eigenvalue weighted by molar-refractivity contribution is -0.169. The standard InChI is InChI=1S/C17H15F2NO4/c18-17(19,15(21)22)14(13-9-5-2-6-10-13)20-16(23)24-11-12-7-3-1-4-8-12/h1-10,14H,11H2,(H,20,23)(H,21,22). The van der Waals surface area contributed by atoms with E-state index in [2.05, 4.69) is 0 Å². The summed E-state index contributed by atoms with van der Waals surface area (Å²) < 4.78 is 32.8. The maximum atomic E-state index is 14.0. The molecule has 0 bridgehead atoms. The lowest BCUT2D eigenvalue weighted by atomic mass is 10.0. The molecule has 2 aromatic rings. The fourth-order valence-electron chi connectivity index (χ4n) is 2.03. The number of carbonyl (C=O) groups is 2. The van der Waals surface area contributed by atoms with Crippen LogP contribution in [0.4, 0.5) is 13.6 Å². The summed E-state index contributed by atoms with van der Waals surface area (Å²) in [5.74, 6) is -6.52. The van der Waals surface area contributed by atoms with Crippen molar-refractivity contribution in [2.45, 2.75) is 18.6 Å². The van der Waals surface area contributed by atoms with E-state index in [4.69, 9.17) is 9.84 Å². The summed E-state index contributed by atoms with van der Waals surface area (Å²) in [6.45, 7) is -0.118. The van der Waals surface area contributed by atoms with Gasteiger partial charge in [-0.3, -0.25) is 0 Å². The maximum absolute atomic E-state index is 14.0. The Morgan fingerprint density at radius 2 is 1.58 bits per heavy atom. The molecule has 0 radical (unpaired) electrons. The van der Waals surface area contributed by atoms with Crippen LogP contribution in [0.25, 0.3) is 0 Å². The second-order valence-electron chi connectivity index (χ2n) is 4.98. The molecule has 1 unspecified atom stereocenters. The zero-order chi connectivity index (χ0) is 17.6. The van der Waals surface area contributed by atoms with Gasteiger partial charge in [-0.2, -0.15) is 8.78 Å². The van der Waals surface area contributed by atoms with Gasteiger partial charge in [0, 0.05) is 0 Å². The Morgan fingerprint density at radius 1 is 1.04 bits per heavy atom. The number of carboxylic acid groups (broad SMARTS) is 1. The number of aliphatic carboxylic acids is 1.